The van der Waals surface area contributed by atoms with Crippen LogP contribution in [0.25, 0.3) is 11.3 Å². The quantitative estimate of drug-likeness (QED) is 0.921. The predicted octanol–water partition coefficient (Wildman–Crippen LogP) is 2.48. The van der Waals surface area contributed by atoms with Gasteiger partial charge in [-0.2, -0.15) is 0 Å². The third-order valence-electron chi connectivity index (χ3n) is 4.26. The van der Waals surface area contributed by atoms with Crippen molar-refractivity contribution in [2.45, 2.75) is 31.7 Å². The molecular formula is C18H23N3O2. The molecule has 1 N–H and O–H groups in total. The van der Waals surface area contributed by atoms with E-state index in [0.717, 1.165) is 37.3 Å². The van der Waals surface area contributed by atoms with Gasteiger partial charge in [0.25, 0.3) is 0 Å². The Morgan fingerprint density at radius 1 is 1.30 bits per heavy atom. The molecule has 0 aliphatic carbocycles. The highest BCUT2D eigenvalue weighted by atomic mass is 16.4. The average molecular weight is 313 g/mol. The number of aromatic nitrogens is 1. The number of nitrogens with zero attached hydrogens (tertiary/aromatic N) is 2. The number of piperidine rings is 1. The van der Waals surface area contributed by atoms with Gasteiger partial charge >= 0.3 is 0 Å². The number of carbonyl (C=O) groups is 1. The SMILES string of the molecule is CN1CCC(NC(=O)CCc2ncc(-c3ccccc3)o2)CC1. The Morgan fingerprint density at radius 3 is 2.78 bits per heavy atom. The van der Waals surface area contributed by atoms with E-state index in [9.17, 15) is 4.79 Å². The zero-order valence-corrected chi connectivity index (χ0v) is 13.5. The molecule has 1 amide bonds. The van der Waals surface area contributed by atoms with Gasteiger partial charge in [-0.15, -0.1) is 0 Å². The molecule has 1 aromatic carbocycles. The lowest BCUT2D eigenvalue weighted by molar-refractivity contribution is -0.122. The molecule has 2 aromatic rings. The molecule has 1 fully saturated rings. The standard InChI is InChI=1S/C18H23N3O2/c1-21-11-9-15(10-12-21)20-17(22)7-8-18-19-13-16(23-18)14-5-3-2-4-6-14/h2-6,13,15H,7-12H2,1H3,(H,20,22). The summed E-state index contributed by atoms with van der Waals surface area (Å²) in [5.74, 6) is 1.44. The summed E-state index contributed by atoms with van der Waals surface area (Å²) < 4.78 is 5.73. The Bertz CT molecular complexity index is 631. The number of amides is 1. The molecule has 3 rings (SSSR count). The Balaban J connectivity index is 1.47. The first-order valence-electron chi connectivity index (χ1n) is 8.19. The fourth-order valence-electron chi connectivity index (χ4n) is 2.83. The van der Waals surface area contributed by atoms with E-state index in [0.29, 0.717) is 24.8 Å². The van der Waals surface area contributed by atoms with Crippen LogP contribution in [-0.4, -0.2) is 42.0 Å². The molecule has 5 heteroatoms. The average Bonchev–Trinajstić information content (AvgIpc) is 3.05. The topological polar surface area (TPSA) is 58.4 Å². The summed E-state index contributed by atoms with van der Waals surface area (Å²) in [4.78, 5) is 18.6. The minimum Gasteiger partial charge on any atom is -0.441 e. The second-order valence-corrected chi connectivity index (χ2v) is 6.13. The Kier molecular flexibility index (Phi) is 5.08. The molecule has 0 atom stereocenters. The lowest BCUT2D eigenvalue weighted by atomic mass is 10.1. The van der Waals surface area contributed by atoms with E-state index in [-0.39, 0.29) is 5.91 Å². The van der Waals surface area contributed by atoms with Gasteiger partial charge in [0.15, 0.2) is 11.7 Å². The fourth-order valence-corrected chi connectivity index (χ4v) is 2.83. The number of likely N-dealkylation sites (tertiary alicyclic amines) is 1. The van der Waals surface area contributed by atoms with E-state index < -0.39 is 0 Å². The fraction of sp³-hybridized carbons (Fsp3) is 0.444. The molecule has 5 nitrogen and oxygen atoms in total. The summed E-state index contributed by atoms with van der Waals surface area (Å²) in [5.41, 5.74) is 1.00. The lowest BCUT2D eigenvalue weighted by Crippen LogP contribution is -2.43. The van der Waals surface area contributed by atoms with E-state index in [1.54, 1.807) is 6.20 Å². The van der Waals surface area contributed by atoms with Gasteiger partial charge in [0.2, 0.25) is 5.91 Å². The number of hydrogen-bond acceptors (Lipinski definition) is 4. The third-order valence-corrected chi connectivity index (χ3v) is 4.26. The van der Waals surface area contributed by atoms with Crippen molar-refractivity contribution in [1.82, 2.24) is 15.2 Å². The van der Waals surface area contributed by atoms with E-state index in [1.807, 2.05) is 30.3 Å². The van der Waals surface area contributed by atoms with Crippen LogP contribution in [0.4, 0.5) is 0 Å². The van der Waals surface area contributed by atoms with Crippen molar-refractivity contribution in [2.24, 2.45) is 0 Å². The highest BCUT2D eigenvalue weighted by molar-refractivity contribution is 5.76. The van der Waals surface area contributed by atoms with Crippen molar-refractivity contribution in [3.8, 4) is 11.3 Å². The van der Waals surface area contributed by atoms with Crippen LogP contribution in [-0.2, 0) is 11.2 Å². The molecule has 1 saturated heterocycles. The van der Waals surface area contributed by atoms with E-state index in [1.165, 1.54) is 0 Å². The number of oxazole rings is 1. The van der Waals surface area contributed by atoms with Gasteiger partial charge in [-0.05, 0) is 33.0 Å². The predicted molar refractivity (Wildman–Crippen MR) is 88.9 cm³/mol. The molecule has 0 saturated carbocycles. The van der Waals surface area contributed by atoms with Crippen LogP contribution < -0.4 is 5.32 Å². The first-order chi connectivity index (χ1) is 11.2. The van der Waals surface area contributed by atoms with Crippen LogP contribution in [0.15, 0.2) is 40.9 Å². The molecule has 1 aliphatic rings. The largest absolute Gasteiger partial charge is 0.441 e. The minimum absolute atomic E-state index is 0.0824. The maximum Gasteiger partial charge on any atom is 0.220 e. The van der Waals surface area contributed by atoms with Gasteiger partial charge < -0.3 is 14.6 Å². The van der Waals surface area contributed by atoms with Crippen molar-refractivity contribution in [2.75, 3.05) is 20.1 Å². The second kappa shape index (κ2) is 7.42. The molecule has 0 radical (unpaired) electrons. The summed E-state index contributed by atoms with van der Waals surface area (Å²) in [6.07, 6.45) is 4.73. The monoisotopic (exact) mass is 313 g/mol. The Hall–Kier alpha value is -2.14. The number of carbonyl (C=O) groups excluding carboxylic acids is 1. The first kappa shape index (κ1) is 15.7. The maximum absolute atomic E-state index is 12.0. The summed E-state index contributed by atoms with van der Waals surface area (Å²) in [7, 11) is 2.12. The Labute approximate surface area is 136 Å². The number of benzene rings is 1. The highest BCUT2D eigenvalue weighted by Gasteiger charge is 2.18. The maximum atomic E-state index is 12.0. The zero-order valence-electron chi connectivity index (χ0n) is 13.5. The van der Waals surface area contributed by atoms with Gasteiger partial charge in [0.05, 0.1) is 6.20 Å². The van der Waals surface area contributed by atoms with E-state index >= 15 is 0 Å². The van der Waals surface area contributed by atoms with Crippen LogP contribution in [0.3, 0.4) is 0 Å². The molecule has 0 unspecified atom stereocenters. The lowest BCUT2D eigenvalue weighted by Gasteiger charge is -2.29. The molecule has 122 valence electrons. The molecule has 1 aliphatic heterocycles. The smallest absolute Gasteiger partial charge is 0.220 e. The van der Waals surface area contributed by atoms with Gasteiger partial charge in [0.1, 0.15) is 0 Å². The molecule has 0 spiro atoms. The van der Waals surface area contributed by atoms with E-state index in [4.69, 9.17) is 4.42 Å². The minimum atomic E-state index is 0.0824. The Morgan fingerprint density at radius 2 is 2.04 bits per heavy atom. The molecular weight excluding hydrogens is 290 g/mol. The molecule has 1 aromatic heterocycles. The molecule has 2 heterocycles. The van der Waals surface area contributed by atoms with Crippen molar-refractivity contribution < 1.29 is 9.21 Å². The van der Waals surface area contributed by atoms with Crippen molar-refractivity contribution in [3.05, 3.63) is 42.4 Å². The number of rotatable bonds is 5. The third kappa shape index (κ3) is 4.42. The van der Waals surface area contributed by atoms with Crippen molar-refractivity contribution in [1.29, 1.82) is 0 Å². The second-order valence-electron chi connectivity index (χ2n) is 6.13. The normalized spacial score (nSPS) is 16.4. The van der Waals surface area contributed by atoms with Crippen LogP contribution in [0, 0.1) is 0 Å². The van der Waals surface area contributed by atoms with Gasteiger partial charge in [-0.1, -0.05) is 30.3 Å². The summed E-state index contributed by atoms with van der Waals surface area (Å²) in [6, 6.07) is 10.2. The van der Waals surface area contributed by atoms with Crippen LogP contribution in [0.5, 0.6) is 0 Å². The number of aryl methyl sites for hydroxylation is 1. The highest BCUT2D eigenvalue weighted by Crippen LogP contribution is 2.20. The number of hydrogen-bond donors (Lipinski definition) is 1. The molecule has 0 bridgehead atoms. The van der Waals surface area contributed by atoms with Crippen molar-refractivity contribution >= 4 is 5.91 Å². The number of nitrogens with one attached hydrogen (secondary N) is 1. The van der Waals surface area contributed by atoms with Crippen LogP contribution in [0.1, 0.15) is 25.2 Å². The summed E-state index contributed by atoms with van der Waals surface area (Å²) >= 11 is 0. The van der Waals surface area contributed by atoms with Gasteiger partial charge in [-0.3, -0.25) is 4.79 Å². The van der Waals surface area contributed by atoms with Crippen LogP contribution in [0.2, 0.25) is 0 Å². The summed E-state index contributed by atoms with van der Waals surface area (Å²) in [6.45, 7) is 2.09. The van der Waals surface area contributed by atoms with Crippen molar-refractivity contribution in [3.63, 3.8) is 0 Å². The molecule has 23 heavy (non-hydrogen) atoms. The van der Waals surface area contributed by atoms with E-state index in [2.05, 4.69) is 22.2 Å². The van der Waals surface area contributed by atoms with Crippen LogP contribution >= 0.6 is 0 Å². The zero-order chi connectivity index (χ0) is 16.1. The van der Waals surface area contributed by atoms with Gasteiger partial charge in [0, 0.05) is 24.4 Å². The van der Waals surface area contributed by atoms with Gasteiger partial charge in [-0.25, -0.2) is 4.98 Å². The summed E-state index contributed by atoms with van der Waals surface area (Å²) in [5, 5.41) is 3.11. The first-order valence-corrected chi connectivity index (χ1v) is 8.19.